The summed E-state index contributed by atoms with van der Waals surface area (Å²) in [4.78, 5) is 25.0. The predicted octanol–water partition coefficient (Wildman–Crippen LogP) is 3.94. The molecule has 1 saturated heterocycles. The normalized spacial score (nSPS) is 17.3. The first-order valence-electron chi connectivity index (χ1n) is 10.6. The molecule has 1 fully saturated rings. The van der Waals surface area contributed by atoms with E-state index in [2.05, 4.69) is 19.9 Å². The number of benzene rings is 1. The second-order valence-electron chi connectivity index (χ2n) is 8.08. The van der Waals surface area contributed by atoms with Crippen molar-refractivity contribution >= 4 is 5.82 Å². The summed E-state index contributed by atoms with van der Waals surface area (Å²) >= 11 is 0. The summed E-state index contributed by atoms with van der Waals surface area (Å²) in [7, 11) is 0. The number of halogens is 4. The fourth-order valence-electron chi connectivity index (χ4n) is 4.18. The number of hydrogen-bond acceptors (Lipinski definition) is 7. The Morgan fingerprint density at radius 2 is 1.91 bits per heavy atom. The van der Waals surface area contributed by atoms with Crippen LogP contribution in [0.25, 0.3) is 0 Å². The number of alkyl halides is 3. The Bertz CT molecular complexity index is 1260. The summed E-state index contributed by atoms with van der Waals surface area (Å²) in [6.45, 7) is 1.46. The first-order chi connectivity index (χ1) is 16.3. The molecule has 0 saturated carbocycles. The van der Waals surface area contributed by atoms with Gasteiger partial charge in [-0.05, 0) is 37.0 Å². The minimum Gasteiger partial charge on any atom is -0.473 e. The van der Waals surface area contributed by atoms with E-state index in [1.54, 1.807) is 10.6 Å². The molecule has 1 aromatic carbocycles. The Hall–Kier alpha value is -3.70. The third-order valence-corrected chi connectivity index (χ3v) is 5.77. The molecule has 0 amide bonds. The minimum atomic E-state index is -4.68. The molecular weight excluding hydrogens is 458 g/mol. The van der Waals surface area contributed by atoms with Gasteiger partial charge in [0.1, 0.15) is 12.4 Å². The van der Waals surface area contributed by atoms with Crippen molar-refractivity contribution in [2.45, 2.75) is 44.6 Å². The molecule has 12 heteroatoms. The average molecular weight is 477 g/mol. The maximum absolute atomic E-state index is 14.5. The highest BCUT2D eigenvalue weighted by atomic mass is 19.4. The summed E-state index contributed by atoms with van der Waals surface area (Å²) in [5.41, 5.74) is 0.0716. The summed E-state index contributed by atoms with van der Waals surface area (Å²) in [5.74, 6) is -1.48. The van der Waals surface area contributed by atoms with Gasteiger partial charge in [0.05, 0.1) is 12.4 Å². The molecule has 0 radical (unpaired) electrons. The van der Waals surface area contributed by atoms with E-state index in [0.717, 1.165) is 44.0 Å². The van der Waals surface area contributed by atoms with Gasteiger partial charge >= 0.3 is 11.9 Å². The van der Waals surface area contributed by atoms with Gasteiger partial charge in [0.2, 0.25) is 11.7 Å². The molecule has 0 spiro atoms. The van der Waals surface area contributed by atoms with Gasteiger partial charge in [0, 0.05) is 25.2 Å². The maximum Gasteiger partial charge on any atom is 0.451 e. The molecule has 0 bridgehead atoms. The Balaban J connectivity index is 1.26. The molecular formula is C22H19F4N5O3. The zero-order chi connectivity index (χ0) is 23.9. The highest BCUT2D eigenvalue weighted by Crippen LogP contribution is 2.32. The van der Waals surface area contributed by atoms with Crippen LogP contribution in [0, 0.1) is 5.82 Å². The predicted molar refractivity (Wildman–Crippen MR) is 111 cm³/mol. The molecule has 2 aromatic heterocycles. The fraction of sp³-hybridized carbons (Fsp3) is 0.364. The fourth-order valence-corrected chi connectivity index (χ4v) is 4.18. The lowest BCUT2D eigenvalue weighted by atomic mass is 10.0. The zero-order valence-corrected chi connectivity index (χ0v) is 17.8. The van der Waals surface area contributed by atoms with Gasteiger partial charge < -0.3 is 14.4 Å². The number of aromatic nitrogens is 4. The van der Waals surface area contributed by atoms with Crippen molar-refractivity contribution in [1.82, 2.24) is 19.5 Å². The van der Waals surface area contributed by atoms with Gasteiger partial charge in [-0.3, -0.25) is 4.57 Å². The van der Waals surface area contributed by atoms with Crippen LogP contribution in [0.1, 0.15) is 30.7 Å². The van der Waals surface area contributed by atoms with Crippen LogP contribution in [0.2, 0.25) is 0 Å². The lowest BCUT2D eigenvalue weighted by Crippen LogP contribution is -2.36. The molecule has 0 N–H and O–H groups in total. The highest BCUT2D eigenvalue weighted by Gasteiger charge is 2.34. The number of rotatable bonds is 5. The average Bonchev–Trinajstić information content (AvgIpc) is 3.18. The summed E-state index contributed by atoms with van der Waals surface area (Å²) < 4.78 is 64.7. The molecule has 2 aliphatic rings. The van der Waals surface area contributed by atoms with Crippen molar-refractivity contribution in [3.05, 3.63) is 64.3 Å². The second-order valence-corrected chi connectivity index (χ2v) is 8.08. The van der Waals surface area contributed by atoms with E-state index < -0.39 is 17.8 Å². The molecule has 0 aliphatic carbocycles. The first kappa shape index (κ1) is 22.1. The van der Waals surface area contributed by atoms with Crippen molar-refractivity contribution < 1.29 is 27.0 Å². The smallest absolute Gasteiger partial charge is 0.451 e. The summed E-state index contributed by atoms with van der Waals surface area (Å²) in [5, 5.41) is 0. The molecule has 5 rings (SSSR count). The van der Waals surface area contributed by atoms with Crippen LogP contribution < -0.4 is 20.1 Å². The SMILES string of the molecule is O=c1nc(OCc2ccc(Oc3cnc(C(F)(F)F)nc3)c(F)c2)cc2n1CC1CCCCN21. The van der Waals surface area contributed by atoms with E-state index in [-0.39, 0.29) is 29.7 Å². The molecule has 178 valence electrons. The molecule has 1 unspecified atom stereocenters. The third kappa shape index (κ3) is 4.39. The number of anilines is 1. The largest absolute Gasteiger partial charge is 0.473 e. The molecule has 8 nitrogen and oxygen atoms in total. The third-order valence-electron chi connectivity index (χ3n) is 5.77. The van der Waals surface area contributed by atoms with Gasteiger partial charge in [0.25, 0.3) is 0 Å². The minimum absolute atomic E-state index is 0.0418. The molecule has 2 aliphatic heterocycles. The summed E-state index contributed by atoms with van der Waals surface area (Å²) in [6.07, 6.45) is 0.186. The monoisotopic (exact) mass is 477 g/mol. The standard InChI is InChI=1S/C22H19F4N5O3/c23-16-7-13(4-5-17(16)34-15-9-27-20(28-10-15)22(24,25)26)12-33-18-8-19-30-6-2-1-3-14(30)11-31(19)21(32)29-18/h4-5,7-10,14H,1-3,6,11-12H2. The van der Waals surface area contributed by atoms with Crippen LogP contribution in [0.15, 0.2) is 41.5 Å². The Morgan fingerprint density at radius 3 is 2.65 bits per heavy atom. The maximum atomic E-state index is 14.5. The Kier molecular flexibility index (Phi) is 5.58. The molecule has 4 heterocycles. The van der Waals surface area contributed by atoms with Crippen LogP contribution in [0.3, 0.4) is 0 Å². The molecule has 34 heavy (non-hydrogen) atoms. The van der Waals surface area contributed by atoms with Crippen molar-refractivity contribution in [2.24, 2.45) is 0 Å². The van der Waals surface area contributed by atoms with E-state index >= 15 is 0 Å². The topological polar surface area (TPSA) is 82.4 Å². The van der Waals surface area contributed by atoms with Crippen molar-refractivity contribution in [3.8, 4) is 17.4 Å². The van der Waals surface area contributed by atoms with Crippen LogP contribution in [0.4, 0.5) is 23.4 Å². The number of hydrogen-bond donors (Lipinski definition) is 0. The van der Waals surface area contributed by atoms with Gasteiger partial charge in [-0.25, -0.2) is 19.2 Å². The van der Waals surface area contributed by atoms with Crippen molar-refractivity contribution in [3.63, 3.8) is 0 Å². The van der Waals surface area contributed by atoms with Gasteiger partial charge in [0.15, 0.2) is 17.3 Å². The number of piperidine rings is 1. The molecule has 1 atom stereocenters. The van der Waals surface area contributed by atoms with Crippen molar-refractivity contribution in [1.29, 1.82) is 0 Å². The highest BCUT2D eigenvalue weighted by molar-refractivity contribution is 5.47. The number of fused-ring (bicyclic) bond motifs is 3. The van der Waals surface area contributed by atoms with Crippen LogP contribution in [-0.4, -0.2) is 32.1 Å². The van der Waals surface area contributed by atoms with Gasteiger partial charge in [-0.15, -0.1) is 0 Å². The van der Waals surface area contributed by atoms with E-state index in [1.165, 1.54) is 18.2 Å². The number of nitrogens with zero attached hydrogens (tertiary/aromatic N) is 5. The van der Waals surface area contributed by atoms with Gasteiger partial charge in [-0.2, -0.15) is 18.2 Å². The first-order valence-corrected chi connectivity index (χ1v) is 10.6. The van der Waals surface area contributed by atoms with E-state index in [9.17, 15) is 22.4 Å². The van der Waals surface area contributed by atoms with E-state index in [0.29, 0.717) is 18.2 Å². The zero-order valence-electron chi connectivity index (χ0n) is 17.8. The van der Waals surface area contributed by atoms with Crippen LogP contribution in [0.5, 0.6) is 17.4 Å². The lowest BCUT2D eigenvalue weighted by Gasteiger charge is -2.30. The summed E-state index contributed by atoms with van der Waals surface area (Å²) in [6, 6.07) is 6.04. The van der Waals surface area contributed by atoms with E-state index in [1.807, 2.05) is 0 Å². The second kappa shape index (κ2) is 8.58. The Labute approximate surface area is 190 Å². The van der Waals surface area contributed by atoms with Crippen LogP contribution in [-0.2, 0) is 19.3 Å². The number of ether oxygens (including phenoxy) is 2. The van der Waals surface area contributed by atoms with E-state index in [4.69, 9.17) is 9.47 Å². The molecule has 3 aromatic rings. The van der Waals surface area contributed by atoms with Crippen LogP contribution >= 0.6 is 0 Å². The lowest BCUT2D eigenvalue weighted by molar-refractivity contribution is -0.145. The Morgan fingerprint density at radius 1 is 1.12 bits per heavy atom. The quantitative estimate of drug-likeness (QED) is 0.515. The van der Waals surface area contributed by atoms with Gasteiger partial charge in [-0.1, -0.05) is 6.07 Å². The van der Waals surface area contributed by atoms with Crippen molar-refractivity contribution in [2.75, 3.05) is 11.4 Å².